The molecule has 0 saturated heterocycles. The monoisotopic (exact) mass is 207 g/mol. The van der Waals surface area contributed by atoms with Gasteiger partial charge in [0.25, 0.3) is 0 Å². The summed E-state index contributed by atoms with van der Waals surface area (Å²) in [5, 5.41) is 0. The third kappa shape index (κ3) is 1.76. The molecule has 1 aliphatic rings. The van der Waals surface area contributed by atoms with Gasteiger partial charge in [-0.2, -0.15) is 0 Å². The minimum absolute atomic E-state index is 0.715. The van der Waals surface area contributed by atoms with E-state index in [0.29, 0.717) is 5.92 Å². The van der Waals surface area contributed by atoms with Crippen LogP contribution >= 0.6 is 0 Å². The van der Waals surface area contributed by atoms with Gasteiger partial charge in [0, 0.05) is 0 Å². The second-order valence-electron chi connectivity index (χ2n) is 4.55. The molecule has 1 radical (unpaired) electrons. The number of hydrogen-bond acceptors (Lipinski definition) is 0. The summed E-state index contributed by atoms with van der Waals surface area (Å²) in [5.41, 5.74) is 4.50. The molecule has 0 heteroatoms. The summed E-state index contributed by atoms with van der Waals surface area (Å²) >= 11 is 0. The molecule has 0 amide bonds. The van der Waals surface area contributed by atoms with Crippen LogP contribution in [0.3, 0.4) is 0 Å². The Balaban J connectivity index is 1.84. The van der Waals surface area contributed by atoms with Crippen LogP contribution in [0.5, 0.6) is 0 Å². The quantitative estimate of drug-likeness (QED) is 0.703. The van der Waals surface area contributed by atoms with Crippen molar-refractivity contribution in [2.24, 2.45) is 0 Å². The number of benzene rings is 2. The summed E-state index contributed by atoms with van der Waals surface area (Å²) in [4.78, 5) is 0. The molecule has 0 bridgehead atoms. The molecule has 0 aliphatic heterocycles. The summed E-state index contributed by atoms with van der Waals surface area (Å²) in [6.07, 6.45) is 3.70. The van der Waals surface area contributed by atoms with Crippen LogP contribution in [-0.4, -0.2) is 0 Å². The fourth-order valence-electron chi connectivity index (χ4n) is 2.69. The molecular formula is C16H15. The van der Waals surface area contributed by atoms with Crippen molar-refractivity contribution < 1.29 is 0 Å². The molecule has 1 aliphatic carbocycles. The molecule has 0 heterocycles. The van der Waals surface area contributed by atoms with Crippen molar-refractivity contribution in [3.8, 4) is 0 Å². The fourth-order valence-corrected chi connectivity index (χ4v) is 2.69. The Morgan fingerprint density at radius 3 is 2.88 bits per heavy atom. The maximum absolute atomic E-state index is 3.18. The molecule has 1 atom stereocenters. The van der Waals surface area contributed by atoms with Gasteiger partial charge in [-0.05, 0) is 47.9 Å². The van der Waals surface area contributed by atoms with E-state index in [9.17, 15) is 0 Å². The Labute approximate surface area is 96.9 Å². The average Bonchev–Trinajstić information content (AvgIpc) is 2.74. The van der Waals surface area contributed by atoms with Crippen molar-refractivity contribution in [3.05, 3.63) is 71.3 Å². The van der Waals surface area contributed by atoms with Crippen LogP contribution in [0.2, 0.25) is 0 Å². The van der Waals surface area contributed by atoms with Gasteiger partial charge in [0.05, 0.1) is 0 Å². The Hall–Kier alpha value is -1.56. The Kier molecular flexibility index (Phi) is 2.49. The first-order valence-electron chi connectivity index (χ1n) is 5.96. The van der Waals surface area contributed by atoms with E-state index in [2.05, 4.69) is 48.5 Å². The van der Waals surface area contributed by atoms with Gasteiger partial charge in [0.1, 0.15) is 0 Å². The van der Waals surface area contributed by atoms with Crippen LogP contribution in [0.4, 0.5) is 0 Å². The second kappa shape index (κ2) is 4.13. The zero-order valence-corrected chi connectivity index (χ0v) is 9.32. The lowest BCUT2D eigenvalue weighted by Gasteiger charge is -2.11. The van der Waals surface area contributed by atoms with Gasteiger partial charge in [-0.25, -0.2) is 0 Å². The molecule has 0 fully saturated rings. The van der Waals surface area contributed by atoms with Crippen LogP contribution in [0.15, 0.2) is 48.5 Å². The second-order valence-corrected chi connectivity index (χ2v) is 4.55. The van der Waals surface area contributed by atoms with Gasteiger partial charge < -0.3 is 0 Å². The van der Waals surface area contributed by atoms with E-state index < -0.39 is 0 Å². The molecule has 2 aromatic rings. The highest BCUT2D eigenvalue weighted by molar-refractivity contribution is 5.35. The first-order valence-corrected chi connectivity index (χ1v) is 5.96. The molecule has 0 spiro atoms. The number of aryl methyl sites for hydroxylation is 1. The van der Waals surface area contributed by atoms with E-state index >= 15 is 0 Å². The van der Waals surface area contributed by atoms with Gasteiger partial charge in [-0.1, -0.05) is 48.5 Å². The number of rotatable bonds is 2. The zero-order valence-electron chi connectivity index (χ0n) is 9.32. The predicted octanol–water partition coefficient (Wildman–Crippen LogP) is 3.76. The van der Waals surface area contributed by atoms with E-state index in [1.807, 2.05) is 6.07 Å². The molecule has 2 aromatic carbocycles. The molecule has 0 N–H and O–H groups in total. The molecule has 16 heavy (non-hydrogen) atoms. The SMILES string of the molecule is [c]1ccc2c(c1)CCC2Cc1ccccc1. The van der Waals surface area contributed by atoms with E-state index in [-0.39, 0.29) is 0 Å². The van der Waals surface area contributed by atoms with Gasteiger partial charge in [0.2, 0.25) is 0 Å². The van der Waals surface area contributed by atoms with Gasteiger partial charge >= 0.3 is 0 Å². The van der Waals surface area contributed by atoms with Crippen molar-refractivity contribution in [1.82, 2.24) is 0 Å². The first kappa shape index (κ1) is 9.65. The molecule has 0 saturated carbocycles. The van der Waals surface area contributed by atoms with E-state index in [1.165, 1.54) is 30.4 Å². The third-order valence-electron chi connectivity index (χ3n) is 3.51. The van der Waals surface area contributed by atoms with E-state index in [0.717, 1.165) is 0 Å². The molecule has 3 rings (SSSR count). The van der Waals surface area contributed by atoms with Crippen molar-refractivity contribution in [2.75, 3.05) is 0 Å². The highest BCUT2D eigenvalue weighted by atomic mass is 14.3. The van der Waals surface area contributed by atoms with Crippen molar-refractivity contribution >= 4 is 0 Å². The van der Waals surface area contributed by atoms with Crippen molar-refractivity contribution in [2.45, 2.75) is 25.2 Å². The van der Waals surface area contributed by atoms with Crippen LogP contribution in [-0.2, 0) is 12.8 Å². The summed E-state index contributed by atoms with van der Waals surface area (Å²) in [6.45, 7) is 0. The van der Waals surface area contributed by atoms with E-state index in [4.69, 9.17) is 0 Å². The molecule has 0 aromatic heterocycles. The number of fused-ring (bicyclic) bond motifs is 1. The predicted molar refractivity (Wildman–Crippen MR) is 66.5 cm³/mol. The molecular weight excluding hydrogens is 192 g/mol. The summed E-state index contributed by atoms with van der Waals surface area (Å²) in [7, 11) is 0. The summed E-state index contributed by atoms with van der Waals surface area (Å²) in [6, 6.07) is 20.4. The maximum Gasteiger partial charge on any atom is -0.0116 e. The topological polar surface area (TPSA) is 0 Å². The lowest BCUT2D eigenvalue weighted by Crippen LogP contribution is -1.98. The van der Waals surface area contributed by atoms with E-state index in [1.54, 1.807) is 5.56 Å². The standard InChI is InChI=1S/C16H15/c1-2-6-13(7-3-1)12-15-11-10-14-8-4-5-9-16(14)15/h1-3,5-9,15H,10-12H2. The lowest BCUT2D eigenvalue weighted by molar-refractivity contribution is 0.674. The lowest BCUT2D eigenvalue weighted by atomic mass is 9.94. The Bertz CT molecular complexity index is 470. The zero-order chi connectivity index (χ0) is 10.8. The van der Waals surface area contributed by atoms with Crippen LogP contribution in [0.25, 0.3) is 0 Å². The Morgan fingerprint density at radius 1 is 1.12 bits per heavy atom. The smallest absolute Gasteiger partial charge is 0.0116 e. The third-order valence-corrected chi connectivity index (χ3v) is 3.51. The normalized spacial score (nSPS) is 18.4. The van der Waals surface area contributed by atoms with Gasteiger partial charge in [0.15, 0.2) is 0 Å². The van der Waals surface area contributed by atoms with Crippen LogP contribution in [0.1, 0.15) is 29.0 Å². The van der Waals surface area contributed by atoms with Gasteiger partial charge in [-0.15, -0.1) is 0 Å². The highest BCUT2D eigenvalue weighted by Gasteiger charge is 2.21. The fraction of sp³-hybridized carbons (Fsp3) is 0.250. The largest absolute Gasteiger partial charge is 0.0622 e. The maximum atomic E-state index is 3.18. The summed E-state index contributed by atoms with van der Waals surface area (Å²) < 4.78 is 0. The average molecular weight is 207 g/mol. The minimum atomic E-state index is 0.715. The van der Waals surface area contributed by atoms with Gasteiger partial charge in [-0.3, -0.25) is 0 Å². The van der Waals surface area contributed by atoms with Crippen molar-refractivity contribution in [1.29, 1.82) is 0 Å². The highest BCUT2D eigenvalue weighted by Crippen LogP contribution is 2.34. The van der Waals surface area contributed by atoms with Crippen LogP contribution in [0, 0.1) is 6.07 Å². The minimum Gasteiger partial charge on any atom is -0.0622 e. The molecule has 79 valence electrons. The first-order chi connectivity index (χ1) is 7.93. The summed E-state index contributed by atoms with van der Waals surface area (Å²) in [5.74, 6) is 0.715. The van der Waals surface area contributed by atoms with Crippen molar-refractivity contribution in [3.63, 3.8) is 0 Å². The Morgan fingerprint density at radius 2 is 2.00 bits per heavy atom. The number of hydrogen-bond donors (Lipinski definition) is 0. The molecule has 1 unspecified atom stereocenters. The van der Waals surface area contributed by atoms with Crippen LogP contribution < -0.4 is 0 Å². The molecule has 0 nitrogen and oxygen atoms in total.